The van der Waals surface area contributed by atoms with Crippen LogP contribution in [-0.4, -0.2) is 9.55 Å². The molecule has 9 aromatic carbocycles. The molecule has 5 nitrogen and oxygen atoms in total. The molecule has 0 aliphatic heterocycles. The zero-order valence-corrected chi connectivity index (χ0v) is 43.8. The number of aromatic nitrogens is 4. The predicted molar refractivity (Wildman–Crippen MR) is 292 cm³/mol. The van der Waals surface area contributed by atoms with Crippen molar-refractivity contribution in [1.82, 2.24) is 14.5 Å². The van der Waals surface area contributed by atoms with Crippen LogP contribution in [0.25, 0.3) is 99.7 Å². The first-order valence-electron chi connectivity index (χ1n) is 26.1. The molecule has 0 saturated heterocycles. The molecule has 12 aromatic rings. The standard InChI is InChI=1S/C40H33N2O.C25H25N2.Ir/c1-23(2)28-10-8-11-29(24(3)4)38(28)42-36-15-7-6-14-35(36)41-40(42)32-13-9-12-31-34-22-33-27(21-37(34)43-39(31)32)18-17-26-20-25(5)16-19-30(26)33;1-17(2)20-13-10-14-21(18(3)4)24(20)27-23-16-9-8-15-22(23)26-25(27)19-11-6-5-7-12-19;/h6-12,14-24H,1-5H3;5-11,13-18H,1-4H3;/q2*-1;+3/i5D3;;. The molecule has 71 heavy (non-hydrogen) atoms. The van der Waals surface area contributed by atoms with E-state index in [0.717, 1.165) is 88.3 Å². The van der Waals surface area contributed by atoms with Gasteiger partial charge in [0.25, 0.3) is 0 Å². The number of hydrogen-bond acceptors (Lipinski definition) is 2. The molecule has 0 spiro atoms. The molecular formula is C65H58IrN4O+. The Bertz CT molecular complexity index is 3990. The van der Waals surface area contributed by atoms with E-state index in [1.54, 1.807) is 12.1 Å². The van der Waals surface area contributed by atoms with Crippen LogP contribution in [0, 0.1) is 19.0 Å². The summed E-state index contributed by atoms with van der Waals surface area (Å²) < 4.78 is 34.9. The van der Waals surface area contributed by atoms with Crippen LogP contribution in [0.2, 0.25) is 0 Å². The molecule has 12 rings (SSSR count). The van der Waals surface area contributed by atoms with Crippen molar-refractivity contribution in [3.8, 4) is 34.2 Å². The van der Waals surface area contributed by atoms with Crippen molar-refractivity contribution >= 4 is 65.6 Å². The second kappa shape index (κ2) is 19.2. The minimum absolute atomic E-state index is 0. The van der Waals surface area contributed by atoms with E-state index in [1.165, 1.54) is 33.6 Å². The molecule has 0 saturated carbocycles. The normalized spacial score (nSPS) is 12.6. The Kier molecular flexibility index (Phi) is 11.9. The van der Waals surface area contributed by atoms with Crippen molar-refractivity contribution in [1.29, 1.82) is 0 Å². The molecule has 0 bridgehead atoms. The third kappa shape index (κ3) is 8.37. The fourth-order valence-electron chi connectivity index (χ4n) is 10.4. The molecule has 0 aliphatic carbocycles. The average molecular weight is 1110 g/mol. The summed E-state index contributed by atoms with van der Waals surface area (Å²) in [6.07, 6.45) is 0. The van der Waals surface area contributed by atoms with Gasteiger partial charge in [-0.15, -0.1) is 54.1 Å². The number of rotatable bonds is 8. The van der Waals surface area contributed by atoms with Gasteiger partial charge in [-0.1, -0.05) is 163 Å². The Morgan fingerprint density at radius 2 is 1.25 bits per heavy atom. The summed E-state index contributed by atoms with van der Waals surface area (Å²) in [6, 6.07) is 62.7. The van der Waals surface area contributed by atoms with E-state index in [2.05, 4.69) is 180 Å². The number of hydrogen-bond donors (Lipinski definition) is 0. The van der Waals surface area contributed by atoms with E-state index in [1.807, 2.05) is 48.5 Å². The fourth-order valence-corrected chi connectivity index (χ4v) is 10.4. The third-order valence-corrected chi connectivity index (χ3v) is 13.8. The fraction of sp³-hybridized carbons (Fsp3) is 0.200. The Hall–Kier alpha value is -7.11. The van der Waals surface area contributed by atoms with Gasteiger partial charge in [0.1, 0.15) is 5.58 Å². The molecule has 6 heteroatoms. The van der Waals surface area contributed by atoms with Crippen LogP contribution < -0.4 is 9.55 Å². The van der Waals surface area contributed by atoms with Gasteiger partial charge >= 0.3 is 20.1 Å². The minimum Gasteiger partial charge on any atom is -0.501 e. The number of imidazole rings is 2. The van der Waals surface area contributed by atoms with E-state index in [-0.39, 0.29) is 20.1 Å². The largest absolute Gasteiger partial charge is 3.00 e. The van der Waals surface area contributed by atoms with Gasteiger partial charge in [-0.05, 0) is 111 Å². The molecule has 0 atom stereocenters. The molecular weight excluding hydrogens is 1040 g/mol. The van der Waals surface area contributed by atoms with Gasteiger partial charge < -0.3 is 13.6 Å². The van der Waals surface area contributed by atoms with Gasteiger partial charge in [-0.3, -0.25) is 9.97 Å². The van der Waals surface area contributed by atoms with Crippen molar-refractivity contribution in [2.24, 2.45) is 0 Å². The summed E-state index contributed by atoms with van der Waals surface area (Å²) in [5, 5.41) is 5.99. The summed E-state index contributed by atoms with van der Waals surface area (Å²) in [4.78, 5) is 10.2. The van der Waals surface area contributed by atoms with Crippen molar-refractivity contribution in [3.05, 3.63) is 204 Å². The zero-order valence-electron chi connectivity index (χ0n) is 44.4. The van der Waals surface area contributed by atoms with E-state index in [4.69, 9.17) is 18.5 Å². The molecule has 0 aliphatic rings. The number of benzene rings is 9. The first-order chi connectivity index (χ1) is 35.2. The van der Waals surface area contributed by atoms with Crippen LogP contribution in [0.4, 0.5) is 0 Å². The van der Waals surface area contributed by atoms with Crippen LogP contribution in [-0.2, 0) is 20.1 Å². The number of furan rings is 1. The predicted octanol–water partition coefficient (Wildman–Crippen LogP) is 17.0. The van der Waals surface area contributed by atoms with Crippen LogP contribution in [0.3, 0.4) is 0 Å². The van der Waals surface area contributed by atoms with Crippen molar-refractivity contribution in [2.75, 3.05) is 0 Å². The first kappa shape index (κ1) is 43.9. The van der Waals surface area contributed by atoms with Crippen molar-refractivity contribution in [3.63, 3.8) is 0 Å². The smallest absolute Gasteiger partial charge is 0.501 e. The summed E-state index contributed by atoms with van der Waals surface area (Å²) in [7, 11) is 0. The van der Waals surface area contributed by atoms with Crippen LogP contribution >= 0.6 is 0 Å². The van der Waals surface area contributed by atoms with Crippen LogP contribution in [0.15, 0.2) is 168 Å². The maximum Gasteiger partial charge on any atom is 3.00 e. The Morgan fingerprint density at radius 3 is 1.94 bits per heavy atom. The molecule has 0 amide bonds. The minimum atomic E-state index is -2.15. The number of aryl methyl sites for hydroxylation is 1. The van der Waals surface area contributed by atoms with Crippen LogP contribution in [0.5, 0.6) is 0 Å². The molecule has 0 unspecified atom stereocenters. The van der Waals surface area contributed by atoms with Gasteiger partial charge in [-0.25, -0.2) is 0 Å². The van der Waals surface area contributed by atoms with E-state index in [0.29, 0.717) is 29.2 Å². The van der Waals surface area contributed by atoms with Gasteiger partial charge in [0.2, 0.25) is 0 Å². The molecule has 3 aromatic heterocycles. The maximum absolute atomic E-state index is 7.86. The van der Waals surface area contributed by atoms with Gasteiger partial charge in [0.05, 0.1) is 39.3 Å². The second-order valence-corrected chi connectivity index (χ2v) is 19.8. The Labute approximate surface area is 434 Å². The molecule has 3 heterocycles. The van der Waals surface area contributed by atoms with E-state index >= 15 is 0 Å². The first-order valence-corrected chi connectivity index (χ1v) is 24.6. The topological polar surface area (TPSA) is 48.9 Å². The van der Waals surface area contributed by atoms with E-state index in [9.17, 15) is 0 Å². The van der Waals surface area contributed by atoms with Gasteiger partial charge in [-0.2, -0.15) is 0 Å². The van der Waals surface area contributed by atoms with Crippen molar-refractivity contribution < 1.29 is 33.2 Å². The number of nitrogens with zero attached hydrogens (tertiary/aromatic N) is 4. The Balaban J connectivity index is 0.000000191. The average Bonchev–Trinajstić information content (AvgIpc) is 4.09. The molecule has 352 valence electrons. The summed E-state index contributed by atoms with van der Waals surface area (Å²) in [5.41, 5.74) is 15.5. The second-order valence-electron chi connectivity index (χ2n) is 19.8. The number of para-hydroxylation sites is 6. The number of fused-ring (bicyclic) bond motifs is 8. The Morgan fingerprint density at radius 1 is 0.592 bits per heavy atom. The van der Waals surface area contributed by atoms with Gasteiger partial charge in [0.15, 0.2) is 0 Å². The van der Waals surface area contributed by atoms with Crippen LogP contribution in [0.1, 0.15) is 111 Å². The SMILES string of the molecule is CC(C)c1cccc(C(C)C)c1-n1c(-c2[c-]cccc2)nc2ccccc21.[2H]C([2H])([2H])c1ccc2c(ccc3cc4oc5c(-c6[n-]c7ccccc7[n+]6-c6c(C(C)C)cccc6C(C)C)[c-]ccc5c4cc32)c1.[Ir+3]. The summed E-state index contributed by atoms with van der Waals surface area (Å²) in [6.45, 7) is 15.9. The summed E-state index contributed by atoms with van der Waals surface area (Å²) in [5.74, 6) is 3.22. The monoisotopic (exact) mass is 1110 g/mol. The molecule has 0 fully saturated rings. The molecule has 0 N–H and O–H groups in total. The molecule has 0 radical (unpaired) electrons. The quantitative estimate of drug-likeness (QED) is 0.0865. The van der Waals surface area contributed by atoms with Gasteiger partial charge in [0, 0.05) is 20.9 Å². The maximum atomic E-state index is 7.86. The van der Waals surface area contributed by atoms with Crippen molar-refractivity contribution in [2.45, 2.75) is 85.9 Å². The van der Waals surface area contributed by atoms with E-state index < -0.39 is 6.85 Å². The summed E-state index contributed by atoms with van der Waals surface area (Å²) >= 11 is 0. The third-order valence-electron chi connectivity index (χ3n) is 13.8. The zero-order chi connectivity index (χ0) is 50.9.